The summed E-state index contributed by atoms with van der Waals surface area (Å²) in [6.07, 6.45) is -2.08. The lowest BCUT2D eigenvalue weighted by Crippen LogP contribution is -2.65. The number of nitrogens with one attached hydrogen (secondary N) is 1. The minimum absolute atomic E-state index is 0.179. The van der Waals surface area contributed by atoms with Gasteiger partial charge in [-0.05, 0) is 61.7 Å². The molecule has 0 atom stereocenters. The van der Waals surface area contributed by atoms with E-state index in [2.05, 4.69) is 11.9 Å². The topological polar surface area (TPSA) is 113 Å². The molecule has 174 valence electrons. The zero-order chi connectivity index (χ0) is 24.3. The molecular weight excluding hydrogens is 446 g/mol. The number of aliphatic hydroxyl groups is 3. The van der Waals surface area contributed by atoms with Crippen molar-refractivity contribution in [1.29, 1.82) is 0 Å². The highest BCUT2D eigenvalue weighted by Gasteiger charge is 2.52. The maximum absolute atomic E-state index is 12.8. The lowest BCUT2D eigenvalue weighted by atomic mass is 9.79. The van der Waals surface area contributed by atoms with Crippen LogP contribution in [0.5, 0.6) is 0 Å². The second kappa shape index (κ2) is 7.56. The molecule has 33 heavy (non-hydrogen) atoms. The van der Waals surface area contributed by atoms with E-state index >= 15 is 0 Å². The predicted octanol–water partition coefficient (Wildman–Crippen LogP) is 2.20. The van der Waals surface area contributed by atoms with Crippen molar-refractivity contribution in [1.82, 2.24) is 4.90 Å². The Hall–Kier alpha value is -2.91. The summed E-state index contributed by atoms with van der Waals surface area (Å²) in [7, 11) is 0. The Kier molecular flexibility index (Phi) is 5.33. The van der Waals surface area contributed by atoms with Crippen LogP contribution in [0.1, 0.15) is 30.5 Å². The summed E-state index contributed by atoms with van der Waals surface area (Å²) in [6.45, 7) is 9.46. The Bertz CT molecular complexity index is 1170. The van der Waals surface area contributed by atoms with Crippen LogP contribution in [0.15, 0.2) is 49.1 Å². The van der Waals surface area contributed by atoms with Gasteiger partial charge >= 0.3 is 6.10 Å². The molecule has 4 N–H and O–H groups in total. The van der Waals surface area contributed by atoms with Crippen molar-refractivity contribution in [3.05, 3.63) is 70.8 Å². The molecule has 2 aliphatic rings. The van der Waals surface area contributed by atoms with Gasteiger partial charge in [0.05, 0.1) is 29.7 Å². The summed E-state index contributed by atoms with van der Waals surface area (Å²) in [5, 5.41) is 33.6. The Labute approximate surface area is 196 Å². The molecular formula is C24H26ClN3O5. The number of carbonyl (C=O) groups is 2. The Morgan fingerprint density at radius 1 is 1.18 bits per heavy atom. The zero-order valence-corrected chi connectivity index (χ0v) is 19.3. The van der Waals surface area contributed by atoms with Crippen LogP contribution in [0.25, 0.3) is 0 Å². The van der Waals surface area contributed by atoms with Gasteiger partial charge in [-0.1, -0.05) is 36.4 Å². The summed E-state index contributed by atoms with van der Waals surface area (Å²) in [4.78, 5) is 27.2. The van der Waals surface area contributed by atoms with Crippen molar-refractivity contribution in [2.24, 2.45) is 0 Å². The van der Waals surface area contributed by atoms with Crippen LogP contribution in [0.4, 0.5) is 11.4 Å². The number of hydrogen-bond acceptors (Lipinski definition) is 6. The largest absolute Gasteiger partial charge is 0.376 e. The lowest BCUT2D eigenvalue weighted by molar-refractivity contribution is -0.306. The number of fused-ring (bicyclic) bond motifs is 1. The summed E-state index contributed by atoms with van der Waals surface area (Å²) < 4.78 is 0. The van der Waals surface area contributed by atoms with Crippen molar-refractivity contribution < 1.29 is 24.9 Å². The van der Waals surface area contributed by atoms with E-state index in [-0.39, 0.29) is 11.6 Å². The van der Waals surface area contributed by atoms with Crippen LogP contribution < -0.4 is 10.2 Å². The van der Waals surface area contributed by atoms with Crippen molar-refractivity contribution in [3.63, 3.8) is 0 Å². The van der Waals surface area contributed by atoms with Gasteiger partial charge in [0.2, 0.25) is 11.8 Å². The first kappa shape index (κ1) is 23.3. The SMILES string of the molecule is C=CC(=O)N1CC(Nc2ccc3c(c2)N(C(O)(O)O)C(=O)C3(C)C)(c2cccc(Cl)c2C)C1. The summed E-state index contributed by atoms with van der Waals surface area (Å²) in [5.74, 6) is -0.834. The third-order valence-electron chi connectivity index (χ3n) is 6.52. The van der Waals surface area contributed by atoms with Gasteiger partial charge in [0.15, 0.2) is 0 Å². The second-order valence-electron chi connectivity index (χ2n) is 9.12. The quantitative estimate of drug-likeness (QED) is 0.393. The highest BCUT2D eigenvalue weighted by molar-refractivity contribution is 6.31. The molecule has 2 aromatic carbocycles. The number of likely N-dealkylation sites (tertiary alicyclic amines) is 1. The van der Waals surface area contributed by atoms with Gasteiger partial charge in [0.25, 0.3) is 0 Å². The zero-order valence-electron chi connectivity index (χ0n) is 18.6. The van der Waals surface area contributed by atoms with Gasteiger partial charge in [-0.15, -0.1) is 0 Å². The Morgan fingerprint density at radius 2 is 1.85 bits per heavy atom. The molecule has 1 fully saturated rings. The monoisotopic (exact) mass is 471 g/mol. The molecule has 8 nitrogen and oxygen atoms in total. The molecule has 0 bridgehead atoms. The van der Waals surface area contributed by atoms with E-state index in [1.165, 1.54) is 6.08 Å². The van der Waals surface area contributed by atoms with E-state index < -0.39 is 23.0 Å². The Morgan fingerprint density at radius 3 is 2.45 bits per heavy atom. The van der Waals surface area contributed by atoms with E-state index in [1.54, 1.807) is 43.0 Å². The first-order chi connectivity index (χ1) is 15.3. The third kappa shape index (κ3) is 3.59. The van der Waals surface area contributed by atoms with Gasteiger partial charge in [0.1, 0.15) is 0 Å². The van der Waals surface area contributed by atoms with Crippen LogP contribution in [-0.4, -0.2) is 51.2 Å². The molecule has 2 aromatic rings. The average Bonchev–Trinajstić information content (AvgIpc) is 2.91. The summed E-state index contributed by atoms with van der Waals surface area (Å²) >= 11 is 6.37. The van der Waals surface area contributed by atoms with Crippen molar-refractivity contribution in [3.8, 4) is 0 Å². The fourth-order valence-electron chi connectivity index (χ4n) is 4.73. The first-order valence-electron chi connectivity index (χ1n) is 10.4. The summed E-state index contributed by atoms with van der Waals surface area (Å²) in [5.41, 5.74) is 1.36. The van der Waals surface area contributed by atoms with Crippen molar-refractivity contribution in [2.45, 2.75) is 37.8 Å². The van der Waals surface area contributed by atoms with Gasteiger partial charge in [-0.2, -0.15) is 0 Å². The predicted molar refractivity (Wildman–Crippen MR) is 125 cm³/mol. The molecule has 0 aromatic heterocycles. The van der Waals surface area contributed by atoms with Crippen molar-refractivity contribution in [2.75, 3.05) is 23.3 Å². The minimum atomic E-state index is -3.34. The minimum Gasteiger partial charge on any atom is -0.372 e. The van der Waals surface area contributed by atoms with Gasteiger partial charge in [-0.3, -0.25) is 9.59 Å². The van der Waals surface area contributed by atoms with Gasteiger partial charge in [-0.25, -0.2) is 4.90 Å². The van der Waals surface area contributed by atoms with Crippen LogP contribution in [0, 0.1) is 6.92 Å². The normalized spacial score (nSPS) is 18.6. The summed E-state index contributed by atoms with van der Waals surface area (Å²) in [6, 6.07) is 10.7. The van der Waals surface area contributed by atoms with Crippen LogP contribution in [0.2, 0.25) is 5.02 Å². The van der Waals surface area contributed by atoms with E-state index in [0.29, 0.717) is 34.3 Å². The van der Waals surface area contributed by atoms with E-state index in [9.17, 15) is 24.9 Å². The number of nitrogens with zero attached hydrogens (tertiary/aromatic N) is 2. The van der Waals surface area contributed by atoms with E-state index in [1.807, 2.05) is 19.1 Å². The van der Waals surface area contributed by atoms with Gasteiger partial charge in [0, 0.05) is 10.7 Å². The maximum atomic E-state index is 12.8. The third-order valence-corrected chi connectivity index (χ3v) is 6.93. The van der Waals surface area contributed by atoms with Crippen LogP contribution in [0.3, 0.4) is 0 Å². The number of hydrogen-bond donors (Lipinski definition) is 4. The number of benzene rings is 2. The first-order valence-corrected chi connectivity index (χ1v) is 10.8. The number of anilines is 2. The van der Waals surface area contributed by atoms with E-state index in [4.69, 9.17) is 11.6 Å². The molecule has 2 heterocycles. The smallest absolute Gasteiger partial charge is 0.372 e. The number of carbonyl (C=O) groups excluding carboxylic acids is 2. The number of amides is 2. The number of rotatable bonds is 5. The van der Waals surface area contributed by atoms with Gasteiger partial charge < -0.3 is 25.5 Å². The van der Waals surface area contributed by atoms with Crippen LogP contribution >= 0.6 is 11.6 Å². The molecule has 0 aliphatic carbocycles. The molecule has 1 saturated heterocycles. The van der Waals surface area contributed by atoms with E-state index in [0.717, 1.165) is 11.1 Å². The fourth-order valence-corrected chi connectivity index (χ4v) is 4.91. The highest BCUT2D eigenvalue weighted by atomic mass is 35.5. The number of halogens is 1. The highest BCUT2D eigenvalue weighted by Crippen LogP contribution is 2.46. The molecule has 0 spiro atoms. The average molecular weight is 472 g/mol. The molecule has 2 aliphatic heterocycles. The molecule has 0 unspecified atom stereocenters. The Balaban J connectivity index is 1.77. The fraction of sp³-hybridized carbons (Fsp3) is 0.333. The molecule has 4 rings (SSSR count). The molecule has 0 radical (unpaired) electrons. The van der Waals surface area contributed by atoms with Crippen LogP contribution in [-0.2, 0) is 20.5 Å². The lowest BCUT2D eigenvalue weighted by Gasteiger charge is -2.51. The second-order valence-corrected chi connectivity index (χ2v) is 9.52. The maximum Gasteiger partial charge on any atom is 0.376 e. The standard InChI is InChI=1S/C24H26ClN3O5/c1-5-20(29)27-12-23(13-27,16-7-6-8-18(25)14(16)2)26-15-9-10-17-19(11-15)28(24(31,32)33)21(30)22(17,3)4/h5-11,26,31-33H,1,12-13H2,2-4H3. The molecule has 2 amide bonds. The van der Waals surface area contributed by atoms with Crippen molar-refractivity contribution >= 4 is 34.8 Å². The molecule has 0 saturated carbocycles. The molecule has 9 heteroatoms.